The molecule has 16 heavy (non-hydrogen) atoms. The highest BCUT2D eigenvalue weighted by Gasteiger charge is 2.46. The fourth-order valence-corrected chi connectivity index (χ4v) is 3.90. The molecule has 6 nitrogen and oxygen atoms in total. The van der Waals surface area contributed by atoms with Crippen molar-refractivity contribution in [2.75, 3.05) is 14.2 Å². The third-order valence-electron chi connectivity index (χ3n) is 2.65. The molecule has 1 saturated heterocycles. The van der Waals surface area contributed by atoms with Crippen molar-refractivity contribution in [3.63, 3.8) is 0 Å². The maximum atomic E-state index is 11.9. The second-order valence-electron chi connectivity index (χ2n) is 3.54. The van der Waals surface area contributed by atoms with Crippen LogP contribution in [0, 0.1) is 0 Å². The molecule has 0 amide bonds. The van der Waals surface area contributed by atoms with Gasteiger partial charge in [-0.15, -0.1) is 0 Å². The van der Waals surface area contributed by atoms with Gasteiger partial charge in [0.15, 0.2) is 20.3 Å². The lowest BCUT2D eigenvalue weighted by molar-refractivity contribution is -0.141. The third-order valence-corrected chi connectivity index (χ3v) is 5.10. The summed E-state index contributed by atoms with van der Waals surface area (Å²) >= 11 is 0. The van der Waals surface area contributed by atoms with Crippen LogP contribution in [0.15, 0.2) is 0 Å². The number of hydrogen-bond acceptors (Lipinski definition) is 6. The Morgan fingerprint density at radius 2 is 1.38 bits per heavy atom. The van der Waals surface area contributed by atoms with Crippen LogP contribution in [0.5, 0.6) is 0 Å². The fourth-order valence-electron chi connectivity index (χ4n) is 1.78. The number of methoxy groups -OCH3 is 2. The lowest BCUT2D eigenvalue weighted by Crippen LogP contribution is -2.45. The lowest BCUT2D eigenvalue weighted by atomic mass is 10.1. The van der Waals surface area contributed by atoms with Crippen molar-refractivity contribution in [2.24, 2.45) is 0 Å². The van der Waals surface area contributed by atoms with Crippen molar-refractivity contribution in [1.82, 2.24) is 0 Å². The van der Waals surface area contributed by atoms with Crippen molar-refractivity contribution in [2.45, 2.75) is 29.8 Å². The van der Waals surface area contributed by atoms with E-state index in [2.05, 4.69) is 9.47 Å². The molecule has 1 aliphatic rings. The van der Waals surface area contributed by atoms with E-state index in [0.717, 1.165) is 14.2 Å². The molecule has 0 aromatic heterocycles. The first-order valence-corrected chi connectivity index (χ1v) is 6.44. The van der Waals surface area contributed by atoms with Crippen LogP contribution >= 0.6 is 0 Å². The van der Waals surface area contributed by atoms with E-state index in [1.165, 1.54) is 0 Å². The predicted molar refractivity (Wildman–Crippen MR) is 54.4 cm³/mol. The monoisotopic (exact) mass is 250 g/mol. The van der Waals surface area contributed by atoms with Gasteiger partial charge in [0, 0.05) is 0 Å². The summed E-state index contributed by atoms with van der Waals surface area (Å²) in [6, 6.07) is 0. The van der Waals surface area contributed by atoms with Crippen LogP contribution in [0.1, 0.15) is 19.3 Å². The number of carbonyl (C=O) groups excluding carboxylic acids is 2. The summed E-state index contributed by atoms with van der Waals surface area (Å²) in [6.45, 7) is 0. The zero-order chi connectivity index (χ0) is 12.3. The molecule has 0 aromatic rings. The predicted octanol–water partition coefficient (Wildman–Crippen LogP) is -0.332. The largest absolute Gasteiger partial charge is 0.468 e. The Morgan fingerprint density at radius 3 is 1.69 bits per heavy atom. The van der Waals surface area contributed by atoms with Gasteiger partial charge in [0.1, 0.15) is 0 Å². The number of carbonyl (C=O) groups is 2. The Hall–Kier alpha value is -1.11. The number of sulfone groups is 1. The summed E-state index contributed by atoms with van der Waals surface area (Å²) in [4.78, 5) is 22.6. The van der Waals surface area contributed by atoms with E-state index >= 15 is 0 Å². The molecule has 7 heteroatoms. The van der Waals surface area contributed by atoms with Crippen molar-refractivity contribution in [1.29, 1.82) is 0 Å². The number of hydrogen-bond donors (Lipinski definition) is 0. The molecule has 1 rings (SSSR count). The lowest BCUT2D eigenvalue weighted by Gasteiger charge is -2.25. The molecule has 0 radical (unpaired) electrons. The molecule has 2 atom stereocenters. The van der Waals surface area contributed by atoms with Crippen LogP contribution in [0.2, 0.25) is 0 Å². The molecule has 0 aliphatic carbocycles. The molecule has 92 valence electrons. The smallest absolute Gasteiger partial charge is 0.324 e. The molecule has 1 aliphatic heterocycles. The standard InChI is InChI=1S/C9H14O6S/c1-14-8(10)6-4-3-5-7(9(11)15-2)16(6,12)13/h6-7H,3-5H2,1-2H3/t6-,7+. The zero-order valence-corrected chi connectivity index (χ0v) is 9.95. The van der Waals surface area contributed by atoms with Gasteiger partial charge in [-0.25, -0.2) is 8.42 Å². The highest BCUT2D eigenvalue weighted by Crippen LogP contribution is 2.27. The highest BCUT2D eigenvalue weighted by molar-refractivity contribution is 7.94. The molecular weight excluding hydrogens is 236 g/mol. The quantitative estimate of drug-likeness (QED) is 0.624. The average molecular weight is 250 g/mol. The van der Waals surface area contributed by atoms with E-state index in [0.29, 0.717) is 6.42 Å². The Labute approximate surface area is 93.8 Å². The van der Waals surface area contributed by atoms with E-state index in [1.807, 2.05) is 0 Å². The van der Waals surface area contributed by atoms with E-state index in [1.54, 1.807) is 0 Å². The van der Waals surface area contributed by atoms with Gasteiger partial charge in [0.2, 0.25) is 0 Å². The van der Waals surface area contributed by atoms with Gasteiger partial charge in [-0.05, 0) is 19.3 Å². The minimum absolute atomic E-state index is 0.197. The molecule has 0 spiro atoms. The van der Waals surface area contributed by atoms with Gasteiger partial charge in [-0.2, -0.15) is 0 Å². The molecule has 0 saturated carbocycles. The second-order valence-corrected chi connectivity index (χ2v) is 5.86. The van der Waals surface area contributed by atoms with Crippen molar-refractivity contribution in [3.8, 4) is 0 Å². The van der Waals surface area contributed by atoms with Crippen molar-refractivity contribution < 1.29 is 27.5 Å². The Bertz CT molecular complexity index is 355. The fraction of sp³-hybridized carbons (Fsp3) is 0.778. The van der Waals surface area contributed by atoms with Crippen molar-refractivity contribution in [3.05, 3.63) is 0 Å². The van der Waals surface area contributed by atoms with Gasteiger partial charge in [-0.3, -0.25) is 9.59 Å². The number of rotatable bonds is 2. The maximum Gasteiger partial charge on any atom is 0.324 e. The van der Waals surface area contributed by atoms with Gasteiger partial charge >= 0.3 is 11.9 Å². The van der Waals surface area contributed by atoms with Crippen LogP contribution in [0.25, 0.3) is 0 Å². The topological polar surface area (TPSA) is 86.7 Å². The first kappa shape index (κ1) is 13.0. The summed E-state index contributed by atoms with van der Waals surface area (Å²) in [6.07, 6.45) is 0.879. The summed E-state index contributed by atoms with van der Waals surface area (Å²) in [7, 11) is -1.59. The van der Waals surface area contributed by atoms with Gasteiger partial charge < -0.3 is 9.47 Å². The van der Waals surface area contributed by atoms with Gasteiger partial charge in [0.05, 0.1) is 14.2 Å². The van der Waals surface area contributed by atoms with Gasteiger partial charge in [-0.1, -0.05) is 0 Å². The molecule has 1 heterocycles. The highest BCUT2D eigenvalue weighted by atomic mass is 32.2. The van der Waals surface area contributed by atoms with Crippen LogP contribution in [0.4, 0.5) is 0 Å². The molecule has 0 bridgehead atoms. The zero-order valence-electron chi connectivity index (χ0n) is 9.13. The van der Waals surface area contributed by atoms with Crippen LogP contribution < -0.4 is 0 Å². The van der Waals surface area contributed by atoms with Crippen molar-refractivity contribution >= 4 is 21.8 Å². The van der Waals surface area contributed by atoms with Crippen LogP contribution in [0.3, 0.4) is 0 Å². The van der Waals surface area contributed by atoms with Gasteiger partial charge in [0.25, 0.3) is 0 Å². The Morgan fingerprint density at radius 1 is 1.00 bits per heavy atom. The molecule has 0 aromatic carbocycles. The Balaban J connectivity index is 3.01. The van der Waals surface area contributed by atoms with Crippen LogP contribution in [-0.4, -0.2) is 45.1 Å². The molecule has 0 unspecified atom stereocenters. The second kappa shape index (κ2) is 4.82. The first-order valence-electron chi connectivity index (χ1n) is 4.83. The average Bonchev–Trinajstić information content (AvgIpc) is 2.26. The summed E-state index contributed by atoms with van der Waals surface area (Å²) in [5, 5.41) is -2.48. The SMILES string of the molecule is COC(=O)[C@H]1CCC[C@@H](C(=O)OC)S1(=O)=O. The summed E-state index contributed by atoms with van der Waals surface area (Å²) < 4.78 is 32.7. The third kappa shape index (κ3) is 2.18. The van der Waals surface area contributed by atoms with E-state index in [-0.39, 0.29) is 12.8 Å². The normalized spacial score (nSPS) is 28.1. The van der Waals surface area contributed by atoms with Crippen LogP contribution in [-0.2, 0) is 28.9 Å². The van der Waals surface area contributed by atoms with E-state index < -0.39 is 32.3 Å². The molecular formula is C9H14O6S. The number of esters is 2. The molecule has 1 fully saturated rings. The van der Waals surface area contributed by atoms with E-state index in [4.69, 9.17) is 0 Å². The minimum atomic E-state index is -3.84. The molecule has 0 N–H and O–H groups in total. The first-order chi connectivity index (χ1) is 7.45. The Kier molecular flexibility index (Phi) is 3.90. The maximum absolute atomic E-state index is 11.9. The number of ether oxygens (including phenoxy) is 2. The summed E-state index contributed by atoms with van der Waals surface area (Å²) in [5.74, 6) is -1.62. The minimum Gasteiger partial charge on any atom is -0.468 e. The van der Waals surface area contributed by atoms with E-state index in [9.17, 15) is 18.0 Å². The summed E-state index contributed by atoms with van der Waals surface area (Å²) in [5.41, 5.74) is 0.